The Balaban J connectivity index is 0.00000208. The number of hydrogen-bond donors (Lipinski definition) is 1. The fourth-order valence-electron chi connectivity index (χ4n) is 4.79. The lowest BCUT2D eigenvalue weighted by molar-refractivity contribution is -0.126. The lowest BCUT2D eigenvalue weighted by Gasteiger charge is -2.54. The largest absolute Gasteiger partial charge is 0.381 e. The van der Waals surface area contributed by atoms with Crippen molar-refractivity contribution in [3.63, 3.8) is 0 Å². The molecule has 1 N–H and O–H groups in total. The molecule has 3 rings (SSSR count). The highest BCUT2D eigenvalue weighted by Gasteiger charge is 2.57. The van der Waals surface area contributed by atoms with Gasteiger partial charge in [-0.2, -0.15) is 0 Å². The van der Waals surface area contributed by atoms with Crippen LogP contribution in [0.25, 0.3) is 0 Å². The Labute approximate surface area is 164 Å². The summed E-state index contributed by atoms with van der Waals surface area (Å²) in [4.78, 5) is 6.80. The molecule has 0 radical (unpaired) electrons. The number of nitrogens with zero attached hydrogens (tertiary/aromatic N) is 2. The summed E-state index contributed by atoms with van der Waals surface area (Å²) < 4.78 is 11.5. The summed E-state index contributed by atoms with van der Waals surface area (Å²) in [5, 5.41) is 3.75. The zero-order chi connectivity index (χ0) is 16.3. The minimum atomic E-state index is 0. The summed E-state index contributed by atoms with van der Waals surface area (Å²) in [5.74, 6) is 1.67. The average molecular weight is 451 g/mol. The van der Waals surface area contributed by atoms with Crippen LogP contribution in [-0.2, 0) is 9.47 Å². The van der Waals surface area contributed by atoms with Gasteiger partial charge in [0.05, 0.1) is 12.7 Å². The monoisotopic (exact) mass is 451 g/mol. The summed E-state index contributed by atoms with van der Waals surface area (Å²) in [7, 11) is 4.04. The van der Waals surface area contributed by atoms with Gasteiger partial charge in [0, 0.05) is 51.2 Å². The van der Waals surface area contributed by atoms with Gasteiger partial charge in [0.25, 0.3) is 0 Å². The molecule has 6 heteroatoms. The normalized spacial score (nSPS) is 31.6. The topological polar surface area (TPSA) is 46.1 Å². The molecule has 2 aliphatic carbocycles. The van der Waals surface area contributed by atoms with Gasteiger partial charge in [-0.15, -0.1) is 24.0 Å². The number of nitrogens with one attached hydrogen (secondary N) is 1. The molecular formula is C18H34IN3O2. The SMILES string of the molecule is CCOC1CC(NC(=NC)N(C)CC2CCOC2)C12CCCC2.I. The molecule has 2 saturated carbocycles. The Kier molecular flexibility index (Phi) is 7.61. The number of halogens is 1. The quantitative estimate of drug-likeness (QED) is 0.397. The summed E-state index contributed by atoms with van der Waals surface area (Å²) in [5.41, 5.74) is 0.350. The summed E-state index contributed by atoms with van der Waals surface area (Å²) in [6, 6.07) is 0.516. The second-order valence-electron chi connectivity index (χ2n) is 7.47. The van der Waals surface area contributed by atoms with Crippen LogP contribution in [0.15, 0.2) is 4.99 Å². The Morgan fingerprint density at radius 1 is 1.38 bits per heavy atom. The maximum Gasteiger partial charge on any atom is 0.193 e. The fourth-order valence-corrected chi connectivity index (χ4v) is 4.79. The van der Waals surface area contributed by atoms with E-state index in [0.717, 1.165) is 38.7 Å². The van der Waals surface area contributed by atoms with Crippen molar-refractivity contribution in [2.45, 2.75) is 57.6 Å². The first-order valence-corrected chi connectivity index (χ1v) is 9.33. The highest BCUT2D eigenvalue weighted by atomic mass is 127. The van der Waals surface area contributed by atoms with E-state index in [1.165, 1.54) is 32.1 Å². The third-order valence-electron chi connectivity index (χ3n) is 6.12. The van der Waals surface area contributed by atoms with E-state index in [1.54, 1.807) is 0 Å². The molecular weight excluding hydrogens is 417 g/mol. The fraction of sp³-hybridized carbons (Fsp3) is 0.944. The van der Waals surface area contributed by atoms with Crippen LogP contribution in [0, 0.1) is 11.3 Å². The summed E-state index contributed by atoms with van der Waals surface area (Å²) in [6.07, 6.45) is 8.01. The van der Waals surface area contributed by atoms with Crippen LogP contribution in [0.4, 0.5) is 0 Å². The number of guanidine groups is 1. The molecule has 5 nitrogen and oxygen atoms in total. The van der Waals surface area contributed by atoms with Gasteiger partial charge >= 0.3 is 0 Å². The van der Waals surface area contributed by atoms with Crippen molar-refractivity contribution in [3.8, 4) is 0 Å². The van der Waals surface area contributed by atoms with E-state index in [0.29, 0.717) is 23.5 Å². The zero-order valence-corrected chi connectivity index (χ0v) is 17.8. The molecule has 3 fully saturated rings. The molecule has 3 atom stereocenters. The Bertz CT molecular complexity index is 420. The molecule has 140 valence electrons. The molecule has 3 aliphatic rings. The molecule has 1 saturated heterocycles. The predicted molar refractivity (Wildman–Crippen MR) is 108 cm³/mol. The summed E-state index contributed by atoms with van der Waals surface area (Å²) in [6.45, 7) is 5.76. The van der Waals surface area contributed by atoms with Crippen LogP contribution in [-0.4, -0.2) is 63.5 Å². The van der Waals surface area contributed by atoms with Crippen LogP contribution in [0.5, 0.6) is 0 Å². The number of rotatable bonds is 5. The van der Waals surface area contributed by atoms with E-state index in [4.69, 9.17) is 9.47 Å². The van der Waals surface area contributed by atoms with Gasteiger partial charge in [0.2, 0.25) is 0 Å². The molecule has 1 aliphatic heterocycles. The van der Waals surface area contributed by atoms with E-state index in [-0.39, 0.29) is 24.0 Å². The maximum absolute atomic E-state index is 6.02. The van der Waals surface area contributed by atoms with Crippen molar-refractivity contribution in [2.24, 2.45) is 16.3 Å². The molecule has 0 bridgehead atoms. The van der Waals surface area contributed by atoms with Gasteiger partial charge in [-0.25, -0.2) is 0 Å². The highest BCUT2D eigenvalue weighted by molar-refractivity contribution is 14.0. The van der Waals surface area contributed by atoms with Crippen LogP contribution < -0.4 is 5.32 Å². The third-order valence-corrected chi connectivity index (χ3v) is 6.12. The van der Waals surface area contributed by atoms with E-state index in [1.807, 2.05) is 7.05 Å². The minimum Gasteiger partial charge on any atom is -0.381 e. The molecule has 24 heavy (non-hydrogen) atoms. The zero-order valence-electron chi connectivity index (χ0n) is 15.4. The van der Waals surface area contributed by atoms with Gasteiger partial charge in [-0.1, -0.05) is 12.8 Å². The van der Waals surface area contributed by atoms with Gasteiger partial charge < -0.3 is 19.7 Å². The molecule has 0 aromatic rings. The van der Waals surface area contributed by atoms with Gasteiger partial charge in [-0.3, -0.25) is 4.99 Å². The van der Waals surface area contributed by atoms with Crippen molar-refractivity contribution in [3.05, 3.63) is 0 Å². The molecule has 3 unspecified atom stereocenters. The first-order chi connectivity index (χ1) is 11.2. The molecule has 1 heterocycles. The second kappa shape index (κ2) is 9.03. The Morgan fingerprint density at radius 3 is 2.71 bits per heavy atom. The average Bonchev–Trinajstić information content (AvgIpc) is 3.22. The lowest BCUT2D eigenvalue weighted by atomic mass is 9.60. The van der Waals surface area contributed by atoms with E-state index >= 15 is 0 Å². The number of hydrogen-bond acceptors (Lipinski definition) is 3. The number of ether oxygens (including phenoxy) is 2. The molecule has 0 aromatic heterocycles. The first kappa shape index (κ1) is 20.2. The van der Waals surface area contributed by atoms with Crippen molar-refractivity contribution in [1.29, 1.82) is 0 Å². The van der Waals surface area contributed by atoms with Crippen molar-refractivity contribution in [1.82, 2.24) is 10.2 Å². The lowest BCUT2D eigenvalue weighted by Crippen LogP contribution is -2.65. The highest BCUT2D eigenvalue weighted by Crippen LogP contribution is 2.54. The van der Waals surface area contributed by atoms with Gasteiger partial charge in [0.15, 0.2) is 5.96 Å². The maximum atomic E-state index is 6.02. The van der Waals surface area contributed by atoms with Gasteiger partial charge in [0.1, 0.15) is 0 Å². The van der Waals surface area contributed by atoms with E-state index < -0.39 is 0 Å². The van der Waals surface area contributed by atoms with Crippen LogP contribution in [0.2, 0.25) is 0 Å². The third kappa shape index (κ3) is 4.01. The van der Waals surface area contributed by atoms with Crippen molar-refractivity contribution >= 4 is 29.9 Å². The van der Waals surface area contributed by atoms with Crippen molar-refractivity contribution in [2.75, 3.05) is 40.5 Å². The standard InChI is InChI=1S/C18H33N3O2.HI/c1-4-23-16-11-15(18(16)8-5-6-9-18)20-17(19-2)21(3)12-14-7-10-22-13-14;/h14-16H,4-13H2,1-3H3,(H,19,20);1H. The molecule has 0 amide bonds. The summed E-state index contributed by atoms with van der Waals surface area (Å²) >= 11 is 0. The van der Waals surface area contributed by atoms with E-state index in [2.05, 4.69) is 29.2 Å². The van der Waals surface area contributed by atoms with Crippen LogP contribution in [0.1, 0.15) is 45.4 Å². The second-order valence-corrected chi connectivity index (χ2v) is 7.47. The Hall–Kier alpha value is -0.0800. The van der Waals surface area contributed by atoms with Crippen LogP contribution >= 0.6 is 24.0 Å². The molecule has 1 spiro atoms. The van der Waals surface area contributed by atoms with Gasteiger partial charge in [-0.05, 0) is 32.6 Å². The molecule has 0 aromatic carbocycles. The number of aliphatic imine (C=N–C) groups is 1. The van der Waals surface area contributed by atoms with Crippen molar-refractivity contribution < 1.29 is 9.47 Å². The minimum absolute atomic E-state index is 0. The van der Waals surface area contributed by atoms with E-state index in [9.17, 15) is 0 Å². The van der Waals surface area contributed by atoms with Crippen LogP contribution in [0.3, 0.4) is 0 Å². The Morgan fingerprint density at radius 2 is 2.12 bits per heavy atom. The smallest absolute Gasteiger partial charge is 0.193 e. The first-order valence-electron chi connectivity index (χ1n) is 9.33. The predicted octanol–water partition coefficient (Wildman–Crippen LogP) is 2.89.